The second-order valence-electron chi connectivity index (χ2n) is 4.08. The maximum absolute atomic E-state index is 5.69. The first-order valence-corrected chi connectivity index (χ1v) is 5.38. The summed E-state index contributed by atoms with van der Waals surface area (Å²) in [6, 6.07) is 0. The molecule has 2 heterocycles. The summed E-state index contributed by atoms with van der Waals surface area (Å²) in [6.45, 7) is 6.05. The lowest BCUT2D eigenvalue weighted by Crippen LogP contribution is -2.25. The summed E-state index contributed by atoms with van der Waals surface area (Å²) < 4.78 is 7.75. The molecule has 0 aliphatic carbocycles. The van der Waals surface area contributed by atoms with Gasteiger partial charge in [-0.25, -0.2) is 0 Å². The molecule has 1 aliphatic heterocycles. The molecule has 0 aromatic carbocycles. The fourth-order valence-electron chi connectivity index (χ4n) is 1.87. The fraction of sp³-hybridized carbons (Fsp3) is 0.727. The summed E-state index contributed by atoms with van der Waals surface area (Å²) in [5, 5.41) is 4.35. The lowest BCUT2D eigenvalue weighted by Gasteiger charge is -2.22. The molecule has 1 unspecified atom stereocenters. The molecular formula is C11H18N2O. The van der Waals surface area contributed by atoms with Crippen molar-refractivity contribution in [2.75, 3.05) is 6.61 Å². The van der Waals surface area contributed by atoms with Crippen LogP contribution in [0.1, 0.15) is 30.5 Å². The summed E-state index contributed by atoms with van der Waals surface area (Å²) >= 11 is 0. The molecule has 0 N–H and O–H groups in total. The van der Waals surface area contributed by atoms with Crippen LogP contribution in [0.5, 0.6) is 0 Å². The Balaban J connectivity index is 1.99. The lowest BCUT2D eigenvalue weighted by atomic mass is 10.1. The number of hydrogen-bond donors (Lipinski definition) is 0. The van der Waals surface area contributed by atoms with E-state index in [4.69, 9.17) is 4.74 Å². The Kier molecular flexibility index (Phi) is 2.87. The summed E-state index contributed by atoms with van der Waals surface area (Å²) in [6.07, 6.45) is 6.00. The first kappa shape index (κ1) is 9.71. The summed E-state index contributed by atoms with van der Waals surface area (Å²) in [5.41, 5.74) is 2.53. The van der Waals surface area contributed by atoms with E-state index in [9.17, 15) is 0 Å². The van der Waals surface area contributed by atoms with Crippen LogP contribution in [0.3, 0.4) is 0 Å². The second kappa shape index (κ2) is 4.13. The van der Waals surface area contributed by atoms with Gasteiger partial charge in [0, 0.05) is 12.3 Å². The third-order valence-corrected chi connectivity index (χ3v) is 3.00. The highest BCUT2D eigenvalue weighted by atomic mass is 16.5. The molecule has 0 bridgehead atoms. The zero-order valence-corrected chi connectivity index (χ0v) is 8.99. The van der Waals surface area contributed by atoms with E-state index in [-0.39, 0.29) is 0 Å². The van der Waals surface area contributed by atoms with Crippen molar-refractivity contribution >= 4 is 0 Å². The van der Waals surface area contributed by atoms with Crippen molar-refractivity contribution in [1.82, 2.24) is 9.78 Å². The second-order valence-corrected chi connectivity index (χ2v) is 4.08. The molecule has 3 heteroatoms. The zero-order chi connectivity index (χ0) is 9.97. The number of rotatable bonds is 2. The van der Waals surface area contributed by atoms with Crippen LogP contribution in [-0.4, -0.2) is 22.5 Å². The van der Waals surface area contributed by atoms with Crippen molar-refractivity contribution in [1.29, 1.82) is 0 Å². The van der Waals surface area contributed by atoms with E-state index in [1.165, 1.54) is 30.5 Å². The quantitative estimate of drug-likeness (QED) is 0.720. The Morgan fingerprint density at radius 3 is 2.93 bits per heavy atom. The molecule has 1 saturated heterocycles. The van der Waals surface area contributed by atoms with Gasteiger partial charge in [0.25, 0.3) is 0 Å². The Morgan fingerprint density at radius 1 is 1.50 bits per heavy atom. The van der Waals surface area contributed by atoms with E-state index in [1.54, 1.807) is 0 Å². The molecule has 0 radical (unpaired) electrons. The number of nitrogens with zero attached hydrogens (tertiary/aromatic N) is 2. The van der Waals surface area contributed by atoms with Gasteiger partial charge in [-0.3, -0.25) is 4.68 Å². The van der Waals surface area contributed by atoms with E-state index in [0.717, 1.165) is 13.2 Å². The molecule has 0 saturated carbocycles. The number of aromatic nitrogens is 2. The van der Waals surface area contributed by atoms with Crippen LogP contribution in [0.4, 0.5) is 0 Å². The van der Waals surface area contributed by atoms with Gasteiger partial charge in [0.2, 0.25) is 0 Å². The summed E-state index contributed by atoms with van der Waals surface area (Å²) in [7, 11) is 0. The minimum Gasteiger partial charge on any atom is -0.376 e. The minimum atomic E-state index is 0.377. The number of aryl methyl sites for hydroxylation is 1. The third-order valence-electron chi connectivity index (χ3n) is 3.00. The normalized spacial score (nSPS) is 22.6. The molecule has 1 atom stereocenters. The van der Waals surface area contributed by atoms with Crippen LogP contribution in [0.15, 0.2) is 6.20 Å². The van der Waals surface area contributed by atoms with E-state index >= 15 is 0 Å². The first-order valence-electron chi connectivity index (χ1n) is 5.38. The van der Waals surface area contributed by atoms with E-state index in [2.05, 4.69) is 23.6 Å². The molecule has 1 fully saturated rings. The number of hydrogen-bond acceptors (Lipinski definition) is 2. The van der Waals surface area contributed by atoms with Gasteiger partial charge in [-0.2, -0.15) is 5.10 Å². The van der Waals surface area contributed by atoms with Crippen molar-refractivity contribution in [2.45, 2.75) is 45.8 Å². The van der Waals surface area contributed by atoms with E-state index < -0.39 is 0 Å². The Labute approximate surface area is 85.1 Å². The standard InChI is InChI=1S/C11H18N2O/c1-9-7-12-13(10(9)2)8-11-5-3-4-6-14-11/h7,11H,3-6,8H2,1-2H3. The average Bonchev–Trinajstić information content (AvgIpc) is 2.52. The fourth-order valence-corrected chi connectivity index (χ4v) is 1.87. The van der Waals surface area contributed by atoms with Crippen LogP contribution in [0.25, 0.3) is 0 Å². The monoisotopic (exact) mass is 194 g/mol. The van der Waals surface area contributed by atoms with Gasteiger partial charge in [0.05, 0.1) is 18.8 Å². The minimum absolute atomic E-state index is 0.377. The predicted octanol–water partition coefficient (Wildman–Crippen LogP) is 2.07. The van der Waals surface area contributed by atoms with E-state index in [0.29, 0.717) is 6.10 Å². The highest BCUT2D eigenvalue weighted by Gasteiger charge is 2.15. The maximum atomic E-state index is 5.69. The lowest BCUT2D eigenvalue weighted by molar-refractivity contribution is 0.00364. The van der Waals surface area contributed by atoms with Gasteiger partial charge in [-0.15, -0.1) is 0 Å². The highest BCUT2D eigenvalue weighted by molar-refractivity contribution is 5.13. The molecule has 1 aromatic heterocycles. The van der Waals surface area contributed by atoms with Gasteiger partial charge in [0.1, 0.15) is 0 Å². The van der Waals surface area contributed by atoms with Crippen molar-refractivity contribution in [2.24, 2.45) is 0 Å². The predicted molar refractivity (Wildman–Crippen MR) is 55.3 cm³/mol. The van der Waals surface area contributed by atoms with Gasteiger partial charge in [0.15, 0.2) is 0 Å². The summed E-state index contributed by atoms with van der Waals surface area (Å²) in [4.78, 5) is 0. The Morgan fingerprint density at radius 2 is 2.36 bits per heavy atom. The largest absolute Gasteiger partial charge is 0.376 e. The average molecular weight is 194 g/mol. The highest BCUT2D eigenvalue weighted by Crippen LogP contribution is 2.15. The zero-order valence-electron chi connectivity index (χ0n) is 8.99. The molecule has 14 heavy (non-hydrogen) atoms. The van der Waals surface area contributed by atoms with Crippen molar-refractivity contribution in [3.8, 4) is 0 Å². The molecule has 78 valence electrons. The van der Waals surface area contributed by atoms with Crippen LogP contribution < -0.4 is 0 Å². The third kappa shape index (κ3) is 1.98. The first-order chi connectivity index (χ1) is 6.77. The van der Waals surface area contributed by atoms with Crippen molar-refractivity contribution in [3.63, 3.8) is 0 Å². The van der Waals surface area contributed by atoms with Gasteiger partial charge < -0.3 is 4.74 Å². The Bertz CT molecular complexity index is 300. The van der Waals surface area contributed by atoms with Crippen LogP contribution in [-0.2, 0) is 11.3 Å². The van der Waals surface area contributed by atoms with Crippen LogP contribution >= 0.6 is 0 Å². The summed E-state index contributed by atoms with van der Waals surface area (Å²) in [5.74, 6) is 0. The van der Waals surface area contributed by atoms with Crippen molar-refractivity contribution < 1.29 is 4.74 Å². The molecule has 2 rings (SSSR count). The Hall–Kier alpha value is -0.830. The molecular weight excluding hydrogens is 176 g/mol. The molecule has 0 spiro atoms. The molecule has 1 aromatic rings. The molecule has 3 nitrogen and oxygen atoms in total. The molecule has 1 aliphatic rings. The molecule has 0 amide bonds. The van der Waals surface area contributed by atoms with Gasteiger partial charge in [-0.05, 0) is 38.7 Å². The van der Waals surface area contributed by atoms with Crippen LogP contribution in [0.2, 0.25) is 0 Å². The van der Waals surface area contributed by atoms with E-state index in [1.807, 2.05) is 6.20 Å². The van der Waals surface area contributed by atoms with Crippen LogP contribution in [0, 0.1) is 13.8 Å². The van der Waals surface area contributed by atoms with Crippen molar-refractivity contribution in [3.05, 3.63) is 17.5 Å². The van der Waals surface area contributed by atoms with Gasteiger partial charge in [-0.1, -0.05) is 0 Å². The SMILES string of the molecule is Cc1cnn(CC2CCCCO2)c1C. The van der Waals surface area contributed by atoms with Gasteiger partial charge >= 0.3 is 0 Å². The smallest absolute Gasteiger partial charge is 0.0771 e. The number of ether oxygens (including phenoxy) is 1. The topological polar surface area (TPSA) is 27.1 Å². The maximum Gasteiger partial charge on any atom is 0.0771 e.